The minimum Gasteiger partial charge on any atom is -0.493 e. The molecule has 2 heterocycles. The van der Waals surface area contributed by atoms with Crippen LogP contribution in [0.5, 0.6) is 11.5 Å². The van der Waals surface area contributed by atoms with Gasteiger partial charge in [0.2, 0.25) is 0 Å². The Morgan fingerprint density at radius 2 is 2.10 bits per heavy atom. The molecule has 108 valence electrons. The van der Waals surface area contributed by atoms with Gasteiger partial charge in [-0.3, -0.25) is 10.3 Å². The molecule has 1 aromatic carbocycles. The lowest BCUT2D eigenvalue weighted by Crippen LogP contribution is -2.49. The quantitative estimate of drug-likeness (QED) is 0.916. The van der Waals surface area contributed by atoms with E-state index in [1.54, 1.807) is 12.1 Å². The average molecular weight is 285 g/mol. The van der Waals surface area contributed by atoms with E-state index < -0.39 is 12.2 Å². The van der Waals surface area contributed by atoms with E-state index >= 15 is 0 Å². The largest absolute Gasteiger partial charge is 0.493 e. The number of methoxy groups -OCH3 is 1. The van der Waals surface area contributed by atoms with Gasteiger partial charge in [-0.05, 0) is 24.3 Å². The molecule has 7 heteroatoms. The molecule has 1 fully saturated rings. The van der Waals surface area contributed by atoms with Crippen LogP contribution in [0.2, 0.25) is 0 Å². The first-order valence-electron chi connectivity index (χ1n) is 6.00. The lowest BCUT2D eigenvalue weighted by Gasteiger charge is -2.33. The van der Waals surface area contributed by atoms with Gasteiger partial charge in [-0.2, -0.15) is 8.78 Å². The Morgan fingerprint density at radius 1 is 1.30 bits per heavy atom. The third kappa shape index (κ3) is 2.30. The lowest BCUT2D eigenvalue weighted by molar-refractivity contribution is -0.190. The lowest BCUT2D eigenvalue weighted by atomic mass is 10.00. The number of benzene rings is 1. The molecule has 20 heavy (non-hydrogen) atoms. The first kappa shape index (κ1) is 13.1. The summed E-state index contributed by atoms with van der Waals surface area (Å²) >= 11 is 0. The number of hydrogen-bond acceptors (Lipinski definition) is 5. The number of nitrogens with one attached hydrogen (secondary N) is 1. The fourth-order valence-corrected chi connectivity index (χ4v) is 2.09. The second-order valence-corrected chi connectivity index (χ2v) is 4.56. The van der Waals surface area contributed by atoms with Crippen LogP contribution in [0.1, 0.15) is 5.56 Å². The summed E-state index contributed by atoms with van der Waals surface area (Å²) in [5, 5.41) is 0. The van der Waals surface area contributed by atoms with Crippen molar-refractivity contribution < 1.29 is 27.8 Å². The van der Waals surface area contributed by atoms with Gasteiger partial charge in [0.15, 0.2) is 17.1 Å². The van der Waals surface area contributed by atoms with Gasteiger partial charge < -0.3 is 14.2 Å². The molecule has 5 nitrogen and oxygen atoms in total. The van der Waals surface area contributed by atoms with Gasteiger partial charge in [0.1, 0.15) is 0 Å². The van der Waals surface area contributed by atoms with Gasteiger partial charge in [0.05, 0.1) is 26.0 Å². The molecule has 1 spiro atoms. The zero-order valence-corrected chi connectivity index (χ0v) is 10.7. The highest BCUT2D eigenvalue weighted by Gasteiger charge is 2.43. The monoisotopic (exact) mass is 285 g/mol. The summed E-state index contributed by atoms with van der Waals surface area (Å²) in [6.07, 6.45) is 1.92. The molecule has 0 aliphatic carbocycles. The molecular formula is C13H13F2NO4. The van der Waals surface area contributed by atoms with Crippen LogP contribution in [0.3, 0.4) is 0 Å². The fourth-order valence-electron chi connectivity index (χ4n) is 2.09. The predicted molar refractivity (Wildman–Crippen MR) is 65.4 cm³/mol. The Labute approximate surface area is 114 Å². The summed E-state index contributed by atoms with van der Waals surface area (Å²) in [5.74, 6) is 0.226. The van der Waals surface area contributed by atoms with Crippen LogP contribution in [0, 0.1) is 0 Å². The Morgan fingerprint density at radius 3 is 2.65 bits per heavy atom. The van der Waals surface area contributed by atoms with Crippen molar-refractivity contribution in [1.82, 2.24) is 5.48 Å². The Hall–Kier alpha value is -1.86. The van der Waals surface area contributed by atoms with Crippen molar-refractivity contribution in [3.05, 3.63) is 29.8 Å². The van der Waals surface area contributed by atoms with Crippen LogP contribution in [0.15, 0.2) is 24.3 Å². The van der Waals surface area contributed by atoms with E-state index in [4.69, 9.17) is 14.3 Å². The molecule has 0 saturated carbocycles. The van der Waals surface area contributed by atoms with Crippen molar-refractivity contribution in [3.63, 3.8) is 0 Å². The standard InChI is InChI=1S/C13H13F2NO4/c1-17-11-4-8(2-3-10(11)19-12(14)15)9-5-13(20-16-9)6-18-7-13/h2-5,12,16H,6-7H2,1H3. The van der Waals surface area contributed by atoms with Crippen molar-refractivity contribution in [2.75, 3.05) is 20.3 Å². The van der Waals surface area contributed by atoms with E-state index in [-0.39, 0.29) is 11.5 Å². The van der Waals surface area contributed by atoms with Gasteiger partial charge in [-0.15, -0.1) is 0 Å². The molecule has 0 bridgehead atoms. The molecule has 1 N–H and O–H groups in total. The zero-order chi connectivity index (χ0) is 14.2. The highest BCUT2D eigenvalue weighted by atomic mass is 19.3. The summed E-state index contributed by atoms with van der Waals surface area (Å²) in [4.78, 5) is 5.45. The van der Waals surface area contributed by atoms with E-state index in [2.05, 4.69) is 10.2 Å². The number of ether oxygens (including phenoxy) is 3. The molecule has 0 atom stereocenters. The summed E-state index contributed by atoms with van der Waals surface area (Å²) < 4.78 is 39.1. The van der Waals surface area contributed by atoms with E-state index in [0.29, 0.717) is 13.2 Å². The van der Waals surface area contributed by atoms with E-state index in [1.165, 1.54) is 13.2 Å². The highest BCUT2D eigenvalue weighted by molar-refractivity contribution is 5.68. The molecular weight excluding hydrogens is 272 g/mol. The normalized spacial score (nSPS) is 19.5. The van der Waals surface area contributed by atoms with Crippen LogP contribution in [0.4, 0.5) is 8.78 Å². The summed E-state index contributed by atoms with van der Waals surface area (Å²) in [5.41, 5.74) is 3.90. The predicted octanol–water partition coefficient (Wildman–Crippen LogP) is 1.94. The van der Waals surface area contributed by atoms with Crippen molar-refractivity contribution in [2.24, 2.45) is 0 Å². The zero-order valence-electron chi connectivity index (χ0n) is 10.7. The maximum Gasteiger partial charge on any atom is 0.387 e. The van der Waals surface area contributed by atoms with Crippen LogP contribution < -0.4 is 15.0 Å². The first-order chi connectivity index (χ1) is 9.62. The minimum absolute atomic E-state index is 0.00699. The van der Waals surface area contributed by atoms with Gasteiger partial charge >= 0.3 is 6.61 Å². The third-order valence-corrected chi connectivity index (χ3v) is 3.16. The van der Waals surface area contributed by atoms with Crippen LogP contribution in [-0.4, -0.2) is 32.5 Å². The second kappa shape index (κ2) is 4.92. The highest BCUT2D eigenvalue weighted by Crippen LogP contribution is 2.35. The van der Waals surface area contributed by atoms with E-state index in [0.717, 1.165) is 11.3 Å². The Balaban J connectivity index is 1.86. The molecule has 0 aromatic heterocycles. The third-order valence-electron chi connectivity index (χ3n) is 3.16. The van der Waals surface area contributed by atoms with Crippen molar-refractivity contribution in [3.8, 4) is 11.5 Å². The van der Waals surface area contributed by atoms with Crippen LogP contribution in [0.25, 0.3) is 5.70 Å². The molecule has 0 unspecified atom stereocenters. The van der Waals surface area contributed by atoms with Crippen molar-refractivity contribution in [2.45, 2.75) is 12.2 Å². The summed E-state index contributed by atoms with van der Waals surface area (Å²) in [7, 11) is 1.39. The minimum atomic E-state index is -2.89. The van der Waals surface area contributed by atoms with Crippen molar-refractivity contribution >= 4 is 5.70 Å². The topological polar surface area (TPSA) is 49.0 Å². The summed E-state index contributed by atoms with van der Waals surface area (Å²) in [6, 6.07) is 4.70. The van der Waals surface area contributed by atoms with Crippen LogP contribution >= 0.6 is 0 Å². The van der Waals surface area contributed by atoms with E-state index in [9.17, 15) is 8.78 Å². The molecule has 1 aromatic rings. The molecule has 3 rings (SSSR count). The maximum atomic E-state index is 12.3. The Kier molecular flexibility index (Phi) is 3.23. The average Bonchev–Trinajstić information content (AvgIpc) is 2.84. The number of rotatable bonds is 4. The number of halogens is 2. The molecule has 2 aliphatic rings. The molecule has 0 amide bonds. The number of hydroxylamine groups is 1. The smallest absolute Gasteiger partial charge is 0.387 e. The fraction of sp³-hybridized carbons (Fsp3) is 0.385. The molecule has 2 aliphatic heterocycles. The van der Waals surface area contributed by atoms with E-state index in [1.807, 2.05) is 6.08 Å². The van der Waals surface area contributed by atoms with Gasteiger partial charge in [0, 0.05) is 5.56 Å². The Bertz CT molecular complexity index is 543. The van der Waals surface area contributed by atoms with Crippen molar-refractivity contribution in [1.29, 1.82) is 0 Å². The first-order valence-corrected chi connectivity index (χ1v) is 6.00. The second-order valence-electron chi connectivity index (χ2n) is 4.56. The van der Waals surface area contributed by atoms with Gasteiger partial charge in [0.25, 0.3) is 0 Å². The maximum absolute atomic E-state index is 12.3. The van der Waals surface area contributed by atoms with Gasteiger partial charge in [-0.1, -0.05) is 0 Å². The molecule has 0 radical (unpaired) electrons. The number of hydrogen-bond donors (Lipinski definition) is 1. The molecule has 1 saturated heterocycles. The number of alkyl halides is 2. The SMILES string of the molecule is COc1cc(C2=CC3(COC3)ON2)ccc1OC(F)F. The van der Waals surface area contributed by atoms with Gasteiger partial charge in [-0.25, -0.2) is 0 Å². The summed E-state index contributed by atoms with van der Waals surface area (Å²) in [6.45, 7) is -1.90. The van der Waals surface area contributed by atoms with Crippen LogP contribution in [-0.2, 0) is 9.57 Å².